The van der Waals surface area contributed by atoms with Crippen molar-refractivity contribution in [2.24, 2.45) is 11.7 Å². The van der Waals surface area contributed by atoms with Gasteiger partial charge in [-0.1, -0.05) is 13.0 Å². The van der Waals surface area contributed by atoms with Crippen molar-refractivity contribution >= 4 is 5.78 Å². The molecule has 0 saturated carbocycles. The first-order valence-corrected chi connectivity index (χ1v) is 5.83. The summed E-state index contributed by atoms with van der Waals surface area (Å²) in [5.41, 5.74) is 6.47. The van der Waals surface area contributed by atoms with Gasteiger partial charge in [0.1, 0.15) is 5.78 Å². The van der Waals surface area contributed by atoms with Crippen molar-refractivity contribution < 1.29 is 4.79 Å². The molecule has 1 atom stereocenters. The second kappa shape index (κ2) is 7.12. The van der Waals surface area contributed by atoms with Crippen molar-refractivity contribution in [1.82, 2.24) is 4.98 Å². The summed E-state index contributed by atoms with van der Waals surface area (Å²) in [6.07, 6.45) is 6.56. The van der Waals surface area contributed by atoms with Gasteiger partial charge in [-0.05, 0) is 36.9 Å². The SMILES string of the molecule is CC(CCN)CCC(=O)Cc1cccnc1. The third-order valence-electron chi connectivity index (χ3n) is 2.70. The highest BCUT2D eigenvalue weighted by Crippen LogP contribution is 2.11. The summed E-state index contributed by atoms with van der Waals surface area (Å²) in [6.45, 7) is 2.85. The second-order valence-corrected chi connectivity index (χ2v) is 4.30. The maximum atomic E-state index is 11.7. The molecule has 0 bridgehead atoms. The van der Waals surface area contributed by atoms with Crippen LogP contribution in [0.3, 0.4) is 0 Å². The maximum Gasteiger partial charge on any atom is 0.137 e. The molecule has 0 saturated heterocycles. The lowest BCUT2D eigenvalue weighted by atomic mass is 9.98. The Hall–Kier alpha value is -1.22. The molecule has 1 rings (SSSR count). The molecule has 1 aromatic rings. The van der Waals surface area contributed by atoms with Gasteiger partial charge >= 0.3 is 0 Å². The van der Waals surface area contributed by atoms with Crippen LogP contribution in [-0.2, 0) is 11.2 Å². The Bertz CT molecular complexity index is 311. The van der Waals surface area contributed by atoms with Gasteiger partial charge in [-0.25, -0.2) is 0 Å². The van der Waals surface area contributed by atoms with Crippen LogP contribution in [0.2, 0.25) is 0 Å². The van der Waals surface area contributed by atoms with Gasteiger partial charge < -0.3 is 5.73 Å². The number of carbonyl (C=O) groups is 1. The smallest absolute Gasteiger partial charge is 0.137 e. The van der Waals surface area contributed by atoms with Gasteiger partial charge in [0.15, 0.2) is 0 Å². The molecule has 0 aliphatic carbocycles. The van der Waals surface area contributed by atoms with E-state index >= 15 is 0 Å². The number of Topliss-reactive ketones (excluding diaryl/α,β-unsaturated/α-hetero) is 1. The average molecular weight is 220 g/mol. The van der Waals surface area contributed by atoms with E-state index in [4.69, 9.17) is 5.73 Å². The zero-order chi connectivity index (χ0) is 11.8. The summed E-state index contributed by atoms with van der Waals surface area (Å²) < 4.78 is 0. The number of nitrogens with zero attached hydrogens (tertiary/aromatic N) is 1. The number of rotatable bonds is 7. The zero-order valence-electron chi connectivity index (χ0n) is 9.86. The van der Waals surface area contributed by atoms with Gasteiger partial charge in [0.2, 0.25) is 0 Å². The molecule has 1 aromatic heterocycles. The molecule has 0 spiro atoms. The van der Waals surface area contributed by atoms with Crippen LogP contribution in [0, 0.1) is 5.92 Å². The summed E-state index contributed by atoms with van der Waals surface area (Å²) in [5.74, 6) is 0.833. The molecule has 0 amide bonds. The highest BCUT2D eigenvalue weighted by atomic mass is 16.1. The number of nitrogens with two attached hydrogens (primary N) is 1. The molecule has 0 radical (unpaired) electrons. The minimum atomic E-state index is 0.289. The minimum Gasteiger partial charge on any atom is -0.330 e. The Morgan fingerprint density at radius 2 is 2.31 bits per heavy atom. The van der Waals surface area contributed by atoms with Gasteiger partial charge in [0.05, 0.1) is 0 Å². The number of carbonyl (C=O) groups excluding carboxylic acids is 1. The second-order valence-electron chi connectivity index (χ2n) is 4.30. The van der Waals surface area contributed by atoms with Gasteiger partial charge in [0.25, 0.3) is 0 Å². The predicted octanol–water partition coefficient (Wildman–Crippen LogP) is 1.96. The minimum absolute atomic E-state index is 0.289. The van der Waals surface area contributed by atoms with Crippen LogP contribution in [-0.4, -0.2) is 17.3 Å². The summed E-state index contributed by atoms with van der Waals surface area (Å²) in [6, 6.07) is 3.80. The lowest BCUT2D eigenvalue weighted by molar-refractivity contribution is -0.118. The van der Waals surface area contributed by atoms with E-state index in [2.05, 4.69) is 11.9 Å². The molecule has 16 heavy (non-hydrogen) atoms. The summed E-state index contributed by atoms with van der Waals surface area (Å²) in [7, 11) is 0. The van der Waals surface area contributed by atoms with Crippen LogP contribution >= 0.6 is 0 Å². The molecule has 0 aliphatic rings. The Morgan fingerprint density at radius 1 is 1.50 bits per heavy atom. The highest BCUT2D eigenvalue weighted by molar-refractivity contribution is 5.80. The molecular formula is C13H20N2O. The first-order valence-electron chi connectivity index (χ1n) is 5.83. The number of hydrogen-bond acceptors (Lipinski definition) is 3. The molecule has 0 aliphatic heterocycles. The molecule has 1 unspecified atom stereocenters. The molecule has 0 fully saturated rings. The molecule has 88 valence electrons. The number of aromatic nitrogens is 1. The Balaban J connectivity index is 2.26. The molecular weight excluding hydrogens is 200 g/mol. The molecule has 2 N–H and O–H groups in total. The summed E-state index contributed by atoms with van der Waals surface area (Å²) >= 11 is 0. The van der Waals surface area contributed by atoms with Crippen LogP contribution in [0.15, 0.2) is 24.5 Å². The van der Waals surface area contributed by atoms with Crippen molar-refractivity contribution in [3.8, 4) is 0 Å². The average Bonchev–Trinajstić information content (AvgIpc) is 2.28. The predicted molar refractivity (Wildman–Crippen MR) is 65.0 cm³/mol. The fourth-order valence-electron chi connectivity index (χ4n) is 1.65. The van der Waals surface area contributed by atoms with Crippen LogP contribution in [0.5, 0.6) is 0 Å². The Kier molecular flexibility index (Phi) is 5.72. The zero-order valence-corrected chi connectivity index (χ0v) is 9.86. The third kappa shape index (κ3) is 5.03. The summed E-state index contributed by atoms with van der Waals surface area (Å²) in [5, 5.41) is 0. The first kappa shape index (κ1) is 12.8. The monoisotopic (exact) mass is 220 g/mol. The van der Waals surface area contributed by atoms with Crippen LogP contribution < -0.4 is 5.73 Å². The van der Waals surface area contributed by atoms with E-state index in [-0.39, 0.29) is 5.78 Å². The largest absolute Gasteiger partial charge is 0.330 e. The topological polar surface area (TPSA) is 56.0 Å². The van der Waals surface area contributed by atoms with Crippen LogP contribution in [0.4, 0.5) is 0 Å². The third-order valence-corrected chi connectivity index (χ3v) is 2.70. The van der Waals surface area contributed by atoms with Crippen molar-refractivity contribution in [3.63, 3.8) is 0 Å². The number of ketones is 1. The van der Waals surface area contributed by atoms with Crippen molar-refractivity contribution in [1.29, 1.82) is 0 Å². The van der Waals surface area contributed by atoms with E-state index in [1.165, 1.54) is 0 Å². The van der Waals surface area contributed by atoms with Crippen molar-refractivity contribution in [3.05, 3.63) is 30.1 Å². The normalized spacial score (nSPS) is 12.4. The highest BCUT2D eigenvalue weighted by Gasteiger charge is 2.07. The lowest BCUT2D eigenvalue weighted by Crippen LogP contribution is -2.09. The molecule has 3 nitrogen and oxygen atoms in total. The van der Waals surface area contributed by atoms with Crippen molar-refractivity contribution in [2.45, 2.75) is 32.6 Å². The summed E-state index contributed by atoms with van der Waals surface area (Å²) in [4.78, 5) is 15.7. The quantitative estimate of drug-likeness (QED) is 0.764. The standard InChI is InChI=1S/C13H20N2O/c1-11(6-7-14)4-5-13(16)9-12-3-2-8-15-10-12/h2-3,8,10-11H,4-7,9,14H2,1H3. The number of hydrogen-bond donors (Lipinski definition) is 1. The molecule has 3 heteroatoms. The van der Waals surface area contributed by atoms with E-state index in [9.17, 15) is 4.79 Å². The van der Waals surface area contributed by atoms with E-state index < -0.39 is 0 Å². The maximum absolute atomic E-state index is 11.7. The van der Waals surface area contributed by atoms with Gasteiger partial charge in [0, 0.05) is 25.2 Å². The van der Waals surface area contributed by atoms with Gasteiger partial charge in [-0.2, -0.15) is 0 Å². The molecule has 1 heterocycles. The van der Waals surface area contributed by atoms with Crippen molar-refractivity contribution in [2.75, 3.05) is 6.54 Å². The van der Waals surface area contributed by atoms with Gasteiger partial charge in [-0.15, -0.1) is 0 Å². The van der Waals surface area contributed by atoms with E-state index in [0.717, 1.165) is 18.4 Å². The van der Waals surface area contributed by atoms with Crippen LogP contribution in [0.1, 0.15) is 31.7 Å². The van der Waals surface area contributed by atoms with E-state index in [1.807, 2.05) is 12.1 Å². The fourth-order valence-corrected chi connectivity index (χ4v) is 1.65. The van der Waals surface area contributed by atoms with E-state index in [0.29, 0.717) is 25.3 Å². The number of pyridine rings is 1. The van der Waals surface area contributed by atoms with E-state index in [1.54, 1.807) is 12.4 Å². The Morgan fingerprint density at radius 3 is 2.94 bits per heavy atom. The lowest BCUT2D eigenvalue weighted by Gasteiger charge is -2.08. The fraction of sp³-hybridized carbons (Fsp3) is 0.538. The van der Waals surface area contributed by atoms with Crippen LogP contribution in [0.25, 0.3) is 0 Å². The molecule has 0 aromatic carbocycles. The Labute approximate surface area is 97.1 Å². The van der Waals surface area contributed by atoms with Gasteiger partial charge in [-0.3, -0.25) is 9.78 Å². The first-order chi connectivity index (χ1) is 7.72.